The van der Waals surface area contributed by atoms with Crippen LogP contribution in [0, 0.1) is 5.92 Å². The lowest BCUT2D eigenvalue weighted by Gasteiger charge is -2.34. The van der Waals surface area contributed by atoms with Crippen LogP contribution in [0.2, 0.25) is 0 Å². The minimum absolute atomic E-state index is 0.0372. The van der Waals surface area contributed by atoms with Crippen LogP contribution in [0.25, 0.3) is 0 Å². The fourth-order valence-corrected chi connectivity index (χ4v) is 3.99. The first kappa shape index (κ1) is 21.4. The van der Waals surface area contributed by atoms with E-state index in [1.807, 2.05) is 24.3 Å². The molecule has 2 aromatic rings. The SMILES string of the molecule is CC(C)[C@H](NC(=O)CN1CCN(c2ncccn2)CC1)c1ccc2c(c1)OCCCO2. The van der Waals surface area contributed by atoms with Gasteiger partial charge in [0.15, 0.2) is 11.5 Å². The number of aromatic nitrogens is 2. The molecule has 1 atom stereocenters. The maximum absolute atomic E-state index is 12.8. The number of anilines is 1. The Hall–Kier alpha value is -2.87. The van der Waals surface area contributed by atoms with Gasteiger partial charge in [-0.3, -0.25) is 9.69 Å². The molecule has 0 unspecified atom stereocenters. The molecule has 2 aliphatic heterocycles. The topological polar surface area (TPSA) is 79.8 Å². The highest BCUT2D eigenvalue weighted by Crippen LogP contribution is 2.34. The second kappa shape index (κ2) is 9.96. The molecule has 4 rings (SSSR count). The Labute approximate surface area is 183 Å². The van der Waals surface area contributed by atoms with Crippen LogP contribution in [0.3, 0.4) is 0 Å². The van der Waals surface area contributed by atoms with Crippen molar-refractivity contribution in [2.45, 2.75) is 26.3 Å². The third kappa shape index (κ3) is 5.44. The molecule has 2 aliphatic rings. The van der Waals surface area contributed by atoms with E-state index in [0.717, 1.165) is 55.6 Å². The maximum atomic E-state index is 12.8. The summed E-state index contributed by atoms with van der Waals surface area (Å²) in [6.07, 6.45) is 4.39. The van der Waals surface area contributed by atoms with Crippen molar-refractivity contribution in [3.8, 4) is 11.5 Å². The molecule has 1 aromatic heterocycles. The predicted octanol–water partition coefficient (Wildman–Crippen LogP) is 2.27. The Morgan fingerprint density at radius 2 is 1.77 bits per heavy atom. The summed E-state index contributed by atoms with van der Waals surface area (Å²) in [5, 5.41) is 3.23. The number of nitrogens with one attached hydrogen (secondary N) is 1. The van der Waals surface area contributed by atoms with Crippen LogP contribution in [-0.4, -0.2) is 66.7 Å². The van der Waals surface area contributed by atoms with Crippen molar-refractivity contribution >= 4 is 11.9 Å². The number of nitrogens with zero attached hydrogens (tertiary/aromatic N) is 4. The molecule has 8 nitrogen and oxygen atoms in total. The predicted molar refractivity (Wildman–Crippen MR) is 118 cm³/mol. The summed E-state index contributed by atoms with van der Waals surface area (Å²) < 4.78 is 11.6. The molecular weight excluding hydrogens is 394 g/mol. The molecule has 0 bridgehead atoms. The van der Waals surface area contributed by atoms with Gasteiger partial charge in [0.1, 0.15) is 0 Å². The van der Waals surface area contributed by atoms with Crippen molar-refractivity contribution in [1.82, 2.24) is 20.2 Å². The number of fused-ring (bicyclic) bond motifs is 1. The van der Waals surface area contributed by atoms with Crippen LogP contribution in [0.5, 0.6) is 11.5 Å². The van der Waals surface area contributed by atoms with E-state index in [-0.39, 0.29) is 17.9 Å². The monoisotopic (exact) mass is 425 g/mol. The van der Waals surface area contributed by atoms with E-state index in [0.29, 0.717) is 19.8 Å². The number of ether oxygens (including phenoxy) is 2. The molecular formula is C23H31N5O3. The van der Waals surface area contributed by atoms with Crippen molar-refractivity contribution in [1.29, 1.82) is 0 Å². The molecule has 0 spiro atoms. The number of piperazine rings is 1. The first-order chi connectivity index (χ1) is 15.1. The third-order valence-electron chi connectivity index (χ3n) is 5.69. The number of carbonyl (C=O) groups excluding carboxylic acids is 1. The smallest absolute Gasteiger partial charge is 0.234 e. The largest absolute Gasteiger partial charge is 0.490 e. The average molecular weight is 426 g/mol. The minimum Gasteiger partial charge on any atom is -0.490 e. The van der Waals surface area contributed by atoms with Gasteiger partial charge in [-0.15, -0.1) is 0 Å². The molecule has 31 heavy (non-hydrogen) atoms. The van der Waals surface area contributed by atoms with Gasteiger partial charge in [-0.05, 0) is 29.7 Å². The Bertz CT molecular complexity index is 869. The Morgan fingerprint density at radius 1 is 1.06 bits per heavy atom. The van der Waals surface area contributed by atoms with E-state index < -0.39 is 0 Å². The summed E-state index contributed by atoms with van der Waals surface area (Å²) >= 11 is 0. The molecule has 0 aliphatic carbocycles. The Morgan fingerprint density at radius 3 is 2.48 bits per heavy atom. The van der Waals surface area contributed by atoms with Crippen molar-refractivity contribution in [3.05, 3.63) is 42.2 Å². The first-order valence-corrected chi connectivity index (χ1v) is 11.0. The highest BCUT2D eigenvalue weighted by molar-refractivity contribution is 5.78. The van der Waals surface area contributed by atoms with Gasteiger partial charge in [0, 0.05) is 45.0 Å². The number of carbonyl (C=O) groups is 1. The number of hydrogen-bond donors (Lipinski definition) is 1. The zero-order chi connectivity index (χ0) is 21.6. The van der Waals surface area contributed by atoms with Gasteiger partial charge in [0.25, 0.3) is 0 Å². The van der Waals surface area contributed by atoms with Gasteiger partial charge in [0.2, 0.25) is 11.9 Å². The summed E-state index contributed by atoms with van der Waals surface area (Å²) in [6.45, 7) is 9.18. The molecule has 1 fully saturated rings. The lowest BCUT2D eigenvalue weighted by Crippen LogP contribution is -2.50. The summed E-state index contributed by atoms with van der Waals surface area (Å²) in [7, 11) is 0. The summed E-state index contributed by atoms with van der Waals surface area (Å²) in [4.78, 5) is 25.8. The zero-order valence-electron chi connectivity index (χ0n) is 18.3. The maximum Gasteiger partial charge on any atom is 0.234 e. The van der Waals surface area contributed by atoms with Crippen molar-refractivity contribution in [2.24, 2.45) is 5.92 Å². The highest BCUT2D eigenvalue weighted by atomic mass is 16.5. The number of benzene rings is 1. The van der Waals surface area contributed by atoms with E-state index in [4.69, 9.17) is 9.47 Å². The van der Waals surface area contributed by atoms with E-state index in [1.54, 1.807) is 12.4 Å². The van der Waals surface area contributed by atoms with Crippen LogP contribution in [0.1, 0.15) is 31.9 Å². The zero-order valence-corrected chi connectivity index (χ0v) is 18.3. The lowest BCUT2D eigenvalue weighted by molar-refractivity contribution is -0.123. The Balaban J connectivity index is 1.34. The molecule has 8 heteroatoms. The second-order valence-electron chi connectivity index (χ2n) is 8.36. The summed E-state index contributed by atoms with van der Waals surface area (Å²) in [6, 6.07) is 7.71. The van der Waals surface area contributed by atoms with Crippen molar-refractivity contribution in [3.63, 3.8) is 0 Å². The molecule has 3 heterocycles. The van der Waals surface area contributed by atoms with Gasteiger partial charge in [-0.25, -0.2) is 9.97 Å². The van der Waals surface area contributed by atoms with Gasteiger partial charge < -0.3 is 19.7 Å². The molecule has 1 N–H and O–H groups in total. The molecule has 1 amide bonds. The number of rotatable bonds is 6. The van der Waals surface area contributed by atoms with Gasteiger partial charge in [0.05, 0.1) is 25.8 Å². The van der Waals surface area contributed by atoms with Gasteiger partial charge in [-0.1, -0.05) is 19.9 Å². The van der Waals surface area contributed by atoms with Crippen LogP contribution < -0.4 is 19.7 Å². The van der Waals surface area contributed by atoms with E-state index >= 15 is 0 Å². The van der Waals surface area contributed by atoms with Crippen LogP contribution >= 0.6 is 0 Å². The molecule has 1 aromatic carbocycles. The van der Waals surface area contributed by atoms with E-state index in [2.05, 4.69) is 38.9 Å². The quantitative estimate of drug-likeness (QED) is 0.761. The fraction of sp³-hybridized carbons (Fsp3) is 0.522. The standard InChI is InChI=1S/C23H31N5O3/c1-17(2)22(18-5-6-19-20(15-18)31-14-4-13-30-19)26-21(29)16-27-9-11-28(12-10-27)23-24-7-3-8-25-23/h3,5-8,15,17,22H,4,9-14,16H2,1-2H3,(H,26,29)/t22-/m0/s1. The summed E-state index contributed by atoms with van der Waals surface area (Å²) in [5.41, 5.74) is 1.04. The molecule has 0 saturated carbocycles. The fourth-order valence-electron chi connectivity index (χ4n) is 3.99. The van der Waals surface area contributed by atoms with Crippen molar-refractivity contribution in [2.75, 3.05) is 50.8 Å². The number of hydrogen-bond acceptors (Lipinski definition) is 7. The average Bonchev–Trinajstić information content (AvgIpc) is 3.03. The van der Waals surface area contributed by atoms with Crippen LogP contribution in [0.4, 0.5) is 5.95 Å². The van der Waals surface area contributed by atoms with Gasteiger partial charge in [-0.2, -0.15) is 0 Å². The highest BCUT2D eigenvalue weighted by Gasteiger charge is 2.24. The first-order valence-electron chi connectivity index (χ1n) is 11.0. The van der Waals surface area contributed by atoms with Crippen LogP contribution in [-0.2, 0) is 4.79 Å². The minimum atomic E-state index is -0.0799. The Kier molecular flexibility index (Phi) is 6.86. The molecule has 166 valence electrons. The lowest BCUT2D eigenvalue weighted by atomic mass is 9.95. The van der Waals surface area contributed by atoms with Crippen molar-refractivity contribution < 1.29 is 14.3 Å². The molecule has 0 radical (unpaired) electrons. The third-order valence-corrected chi connectivity index (χ3v) is 5.69. The van der Waals surface area contributed by atoms with E-state index in [1.165, 1.54) is 0 Å². The second-order valence-corrected chi connectivity index (χ2v) is 8.36. The van der Waals surface area contributed by atoms with Crippen LogP contribution in [0.15, 0.2) is 36.7 Å². The molecule has 1 saturated heterocycles. The normalized spacial score (nSPS) is 17.8. The van der Waals surface area contributed by atoms with E-state index in [9.17, 15) is 4.79 Å². The van der Waals surface area contributed by atoms with Gasteiger partial charge >= 0.3 is 0 Å². The summed E-state index contributed by atoms with van der Waals surface area (Å²) in [5.74, 6) is 2.57. The number of amides is 1.